The number of carbonyl (C=O) groups excluding carboxylic acids is 1. The fourth-order valence-corrected chi connectivity index (χ4v) is 5.20. The molecule has 24 heavy (non-hydrogen) atoms. The fraction of sp³-hybridized carbons (Fsp3) is 0.733. The minimum Gasteiger partial charge on any atom is -0.539 e. The molecule has 0 aliphatic carbocycles. The summed E-state index contributed by atoms with van der Waals surface area (Å²) in [6.45, 7) is 6.30. The Bertz CT molecular complexity index is 555. The SMILES string of the molecule is CCCCSc1nsnc1[C@@H]1C[NH+]2CCC[C@H]1C2.O=C([O-])C(=O)O. The second kappa shape index (κ2) is 9.33. The van der Waals surface area contributed by atoms with E-state index < -0.39 is 11.9 Å². The van der Waals surface area contributed by atoms with Gasteiger partial charge in [-0.05, 0) is 25.0 Å². The van der Waals surface area contributed by atoms with Crippen molar-refractivity contribution in [2.75, 3.05) is 25.4 Å². The number of nitrogens with zero attached hydrogens (tertiary/aromatic N) is 2. The van der Waals surface area contributed by atoms with E-state index in [1.165, 1.54) is 73.5 Å². The van der Waals surface area contributed by atoms with Gasteiger partial charge in [0.25, 0.3) is 0 Å². The lowest BCUT2D eigenvalue weighted by Gasteiger charge is -2.18. The van der Waals surface area contributed by atoms with Crippen LogP contribution in [0.2, 0.25) is 0 Å². The van der Waals surface area contributed by atoms with E-state index in [2.05, 4.69) is 15.7 Å². The van der Waals surface area contributed by atoms with Gasteiger partial charge in [-0.15, -0.1) is 11.8 Å². The van der Waals surface area contributed by atoms with Gasteiger partial charge in [-0.25, -0.2) is 4.79 Å². The lowest BCUT2D eigenvalue weighted by molar-refractivity contribution is -0.893. The molecule has 1 unspecified atom stereocenters. The first kappa shape index (κ1) is 19.1. The number of carbonyl (C=O) groups is 2. The van der Waals surface area contributed by atoms with E-state index in [-0.39, 0.29) is 0 Å². The number of nitrogens with one attached hydrogen (secondary N) is 1. The lowest BCUT2D eigenvalue weighted by Crippen LogP contribution is -3.11. The molecule has 0 aromatic carbocycles. The predicted molar refractivity (Wildman–Crippen MR) is 89.2 cm³/mol. The number of aromatic nitrogens is 2. The zero-order valence-electron chi connectivity index (χ0n) is 13.7. The molecule has 0 radical (unpaired) electrons. The summed E-state index contributed by atoms with van der Waals surface area (Å²) in [5, 5.41) is 17.6. The molecule has 0 saturated carbocycles. The zero-order chi connectivity index (χ0) is 17.5. The van der Waals surface area contributed by atoms with Gasteiger partial charge in [-0.1, -0.05) is 13.3 Å². The summed E-state index contributed by atoms with van der Waals surface area (Å²) >= 11 is 3.34. The third kappa shape index (κ3) is 5.15. The summed E-state index contributed by atoms with van der Waals surface area (Å²) in [5.74, 6) is -1.23. The Morgan fingerprint density at radius 1 is 1.42 bits per heavy atom. The Labute approximate surface area is 149 Å². The van der Waals surface area contributed by atoms with Gasteiger partial charge in [0.15, 0.2) is 5.97 Å². The Balaban J connectivity index is 0.000000301. The summed E-state index contributed by atoms with van der Waals surface area (Å²) in [6, 6.07) is 0. The fourth-order valence-electron chi connectivity index (χ4n) is 3.34. The van der Waals surface area contributed by atoms with Gasteiger partial charge >= 0.3 is 5.97 Å². The van der Waals surface area contributed by atoms with Crippen molar-refractivity contribution >= 4 is 35.4 Å². The molecule has 7 nitrogen and oxygen atoms in total. The molecule has 3 heterocycles. The Kier molecular flexibility index (Phi) is 7.44. The quantitative estimate of drug-likeness (QED) is 0.412. The van der Waals surface area contributed by atoms with Crippen molar-refractivity contribution in [3.63, 3.8) is 0 Å². The number of hydrogen-bond acceptors (Lipinski definition) is 7. The first-order valence-electron chi connectivity index (χ1n) is 8.26. The molecular weight excluding hydrogens is 350 g/mol. The second-order valence-electron chi connectivity index (χ2n) is 6.17. The molecule has 1 aromatic rings. The maximum Gasteiger partial charge on any atom is 0.351 e. The number of thioether (sulfide) groups is 1. The molecule has 2 aliphatic heterocycles. The molecule has 2 bridgehead atoms. The van der Waals surface area contributed by atoms with Gasteiger partial charge in [0.2, 0.25) is 0 Å². The van der Waals surface area contributed by atoms with E-state index in [4.69, 9.17) is 19.8 Å². The molecular formula is C15H23N3O4S2. The van der Waals surface area contributed by atoms with Crippen LogP contribution in [0.1, 0.15) is 44.2 Å². The Hall–Kier alpha value is -1.19. The van der Waals surface area contributed by atoms with Crippen LogP contribution in [0.15, 0.2) is 5.03 Å². The molecule has 2 N–H and O–H groups in total. The summed E-state index contributed by atoms with van der Waals surface area (Å²) in [5.41, 5.74) is 1.34. The first-order valence-corrected chi connectivity index (χ1v) is 9.97. The number of carboxylic acids is 2. The molecule has 0 amide bonds. The third-order valence-corrected chi connectivity index (χ3v) is 6.20. The second-order valence-corrected chi connectivity index (χ2v) is 7.78. The van der Waals surface area contributed by atoms with Crippen LogP contribution in [0.3, 0.4) is 0 Å². The molecule has 2 fully saturated rings. The van der Waals surface area contributed by atoms with Crippen LogP contribution in [0, 0.1) is 5.92 Å². The number of aliphatic carboxylic acids is 2. The van der Waals surface area contributed by atoms with E-state index in [0.29, 0.717) is 5.92 Å². The maximum atomic E-state index is 9.04. The standard InChI is InChI=1S/C13H21N3S2.C2H2O4/c1-2-3-7-17-13-12(14-18-15-13)11-9-16-6-4-5-10(11)8-16;3-1(4)2(5)6/h10-11H,2-9H2,1H3;(H,3,4)(H,5,6)/t10-,11+;/m0./s1. The van der Waals surface area contributed by atoms with E-state index in [1.807, 2.05) is 11.8 Å². The van der Waals surface area contributed by atoms with E-state index >= 15 is 0 Å². The average molecular weight is 374 g/mol. The number of piperidine rings is 1. The normalized spacial score (nSPS) is 25.0. The van der Waals surface area contributed by atoms with Crippen LogP contribution in [0.5, 0.6) is 0 Å². The van der Waals surface area contributed by atoms with Crippen LogP contribution in [-0.2, 0) is 9.59 Å². The third-order valence-electron chi connectivity index (χ3n) is 4.48. The highest BCUT2D eigenvalue weighted by Crippen LogP contribution is 2.35. The van der Waals surface area contributed by atoms with Gasteiger partial charge in [-0.2, -0.15) is 8.75 Å². The van der Waals surface area contributed by atoms with E-state index in [1.54, 1.807) is 4.90 Å². The molecule has 0 spiro atoms. The summed E-state index contributed by atoms with van der Waals surface area (Å²) in [6.07, 6.45) is 5.37. The summed E-state index contributed by atoms with van der Waals surface area (Å²) in [7, 11) is 0. The van der Waals surface area contributed by atoms with Crippen LogP contribution in [-0.4, -0.2) is 51.2 Å². The molecule has 9 heteroatoms. The molecule has 134 valence electrons. The minimum absolute atomic E-state index is 0.699. The van der Waals surface area contributed by atoms with Crippen molar-refractivity contribution in [2.45, 2.75) is 43.6 Å². The van der Waals surface area contributed by atoms with E-state index in [0.717, 1.165) is 5.92 Å². The number of fused-ring (bicyclic) bond motifs is 2. The molecule has 2 aliphatic rings. The molecule has 3 atom stereocenters. The summed E-state index contributed by atoms with van der Waals surface area (Å²) in [4.78, 5) is 19.8. The highest BCUT2D eigenvalue weighted by Gasteiger charge is 2.42. The van der Waals surface area contributed by atoms with Gasteiger partial charge in [0.1, 0.15) is 5.03 Å². The van der Waals surface area contributed by atoms with Gasteiger partial charge in [-0.3, -0.25) is 0 Å². The largest absolute Gasteiger partial charge is 0.539 e. The van der Waals surface area contributed by atoms with Crippen molar-refractivity contribution in [2.24, 2.45) is 5.92 Å². The monoisotopic (exact) mass is 373 g/mol. The van der Waals surface area contributed by atoms with Crippen molar-refractivity contribution < 1.29 is 24.7 Å². The van der Waals surface area contributed by atoms with Crippen molar-refractivity contribution in [1.82, 2.24) is 8.75 Å². The maximum absolute atomic E-state index is 9.04. The van der Waals surface area contributed by atoms with Crippen LogP contribution >= 0.6 is 23.5 Å². The van der Waals surface area contributed by atoms with Crippen molar-refractivity contribution in [3.8, 4) is 0 Å². The van der Waals surface area contributed by atoms with Crippen molar-refractivity contribution in [3.05, 3.63) is 5.69 Å². The summed E-state index contributed by atoms with van der Waals surface area (Å²) < 4.78 is 9.16. The Morgan fingerprint density at radius 2 is 2.17 bits per heavy atom. The number of hydrogen-bond donors (Lipinski definition) is 2. The van der Waals surface area contributed by atoms with Crippen LogP contribution in [0.4, 0.5) is 0 Å². The molecule has 3 rings (SSSR count). The highest BCUT2D eigenvalue weighted by atomic mass is 32.2. The molecule has 2 saturated heterocycles. The van der Waals surface area contributed by atoms with Gasteiger partial charge in [0.05, 0.1) is 43.0 Å². The zero-order valence-corrected chi connectivity index (χ0v) is 15.3. The van der Waals surface area contributed by atoms with Crippen LogP contribution < -0.4 is 10.0 Å². The highest BCUT2D eigenvalue weighted by molar-refractivity contribution is 7.99. The van der Waals surface area contributed by atoms with Gasteiger partial charge < -0.3 is 19.9 Å². The number of unbranched alkanes of at least 4 members (excludes halogenated alkanes) is 1. The predicted octanol–water partition coefficient (Wildman–Crippen LogP) is -0.357. The average Bonchev–Trinajstić information content (AvgIpc) is 3.12. The van der Waals surface area contributed by atoms with E-state index in [9.17, 15) is 0 Å². The molecule has 1 aromatic heterocycles. The number of carboxylic acid groups (broad SMARTS) is 2. The Morgan fingerprint density at radius 3 is 2.79 bits per heavy atom. The lowest BCUT2D eigenvalue weighted by atomic mass is 9.89. The van der Waals surface area contributed by atoms with Crippen molar-refractivity contribution in [1.29, 1.82) is 0 Å². The first-order chi connectivity index (χ1) is 11.5. The topological polar surface area (TPSA) is 108 Å². The smallest absolute Gasteiger partial charge is 0.351 e. The minimum atomic E-state index is -2.07. The van der Waals surface area contributed by atoms with Gasteiger partial charge in [0, 0.05) is 5.92 Å². The number of rotatable bonds is 5. The number of quaternary nitrogens is 1. The van der Waals surface area contributed by atoms with Crippen LogP contribution in [0.25, 0.3) is 0 Å².